The molecule has 20 nitrogen and oxygen atoms in total. The van der Waals surface area contributed by atoms with Crippen LogP contribution in [0.25, 0.3) is 22.2 Å². The molecule has 2 bridgehead atoms. The number of fused-ring (bicyclic) bond motifs is 5. The molecular weight excluding hydrogens is 660 g/mol. The molecule has 0 spiro atoms. The van der Waals surface area contributed by atoms with Gasteiger partial charge in [0, 0.05) is 5.41 Å². The summed E-state index contributed by atoms with van der Waals surface area (Å²) >= 11 is 0.794. The van der Waals surface area contributed by atoms with Crippen LogP contribution in [0.3, 0.4) is 0 Å². The fourth-order valence-electron chi connectivity index (χ4n) is 6.03. The van der Waals surface area contributed by atoms with Gasteiger partial charge in [-0.2, -0.15) is 4.37 Å². The lowest BCUT2D eigenvalue weighted by Gasteiger charge is -2.32. The Labute approximate surface area is 256 Å². The van der Waals surface area contributed by atoms with Crippen molar-refractivity contribution in [2.24, 2.45) is 5.41 Å². The number of nitrogen functional groups attached to an aromatic ring is 2. The van der Waals surface area contributed by atoms with Crippen molar-refractivity contribution >= 4 is 61.6 Å². The molecule has 2 saturated heterocycles. The Bertz CT molecular complexity index is 1920. The van der Waals surface area contributed by atoms with E-state index in [-0.39, 0.29) is 34.1 Å². The second-order valence-corrected chi connectivity index (χ2v) is 14.4. The fourth-order valence-corrected chi connectivity index (χ4v) is 8.97. The average Bonchev–Trinajstić information content (AvgIpc) is 3.73. The number of rotatable bonds is 2. The Balaban J connectivity index is 1.21. The van der Waals surface area contributed by atoms with Gasteiger partial charge in [0.25, 0.3) is 5.56 Å². The van der Waals surface area contributed by atoms with Crippen molar-refractivity contribution in [1.82, 2.24) is 33.9 Å². The fraction of sp³-hybridized carbons (Fsp3) is 0.545. The lowest BCUT2D eigenvalue weighted by molar-refractivity contribution is -0.0444. The van der Waals surface area contributed by atoms with E-state index in [4.69, 9.17) is 34.3 Å². The van der Waals surface area contributed by atoms with E-state index in [2.05, 4.69) is 29.3 Å². The maximum atomic E-state index is 13.4. The summed E-state index contributed by atoms with van der Waals surface area (Å²) in [7, 11) is -8.35. The maximum absolute atomic E-state index is 13.4. The number of phosphoric acid groups is 1. The number of nitrogens with one attached hydrogen (secondary N) is 1. The molecule has 4 aromatic rings. The first-order valence-electron chi connectivity index (χ1n) is 13.4. The highest BCUT2D eigenvalue weighted by Gasteiger charge is 2.56. The second-order valence-electron chi connectivity index (χ2n) is 11.2. The Morgan fingerprint density at radius 1 is 1.20 bits per heavy atom. The summed E-state index contributed by atoms with van der Waals surface area (Å²) < 4.78 is 60.2. The number of anilines is 2. The molecule has 1 aliphatic carbocycles. The van der Waals surface area contributed by atoms with E-state index in [0.717, 1.165) is 11.5 Å². The molecule has 3 aliphatic rings. The molecule has 7 rings (SSSR count). The largest absolute Gasteiger partial charge is 0.472 e. The van der Waals surface area contributed by atoms with Crippen LogP contribution in [0.4, 0.5) is 11.8 Å². The number of imidazole rings is 1. The SMILES string of the molecule is C[C@@]12COP(=O)(O)O[C@@H]3[C@H](O)[C@@H](CO[PH](=O)O[C@H]1[C@@H](O)[C@H](n1cnc4c(N)ncnc41)C2)O[C@H]3c1snc2c(=O)[nH]c(N)nc12. The van der Waals surface area contributed by atoms with Crippen LogP contribution in [0.1, 0.15) is 30.4 Å². The number of aliphatic hydroxyl groups is 2. The van der Waals surface area contributed by atoms with E-state index < -0.39 is 82.9 Å². The lowest BCUT2D eigenvalue weighted by Crippen LogP contribution is -2.39. The number of H-pyrrole nitrogens is 1. The number of nitrogens with zero attached hydrogens (tertiary/aromatic N) is 6. The first-order chi connectivity index (χ1) is 21.3. The van der Waals surface area contributed by atoms with Crippen LogP contribution in [0.15, 0.2) is 17.4 Å². The summed E-state index contributed by atoms with van der Waals surface area (Å²) in [6, 6.07) is -0.766. The minimum atomic E-state index is -4.98. The van der Waals surface area contributed by atoms with Gasteiger partial charge in [0.1, 0.15) is 54.0 Å². The summed E-state index contributed by atoms with van der Waals surface area (Å²) in [6.45, 7) is 0.596. The van der Waals surface area contributed by atoms with Gasteiger partial charge in [-0.3, -0.25) is 23.4 Å². The first kappa shape index (κ1) is 30.7. The molecule has 2 aliphatic heterocycles. The topological polar surface area (TPSA) is 295 Å². The van der Waals surface area contributed by atoms with Crippen molar-refractivity contribution in [1.29, 1.82) is 0 Å². The molecule has 23 heteroatoms. The number of aliphatic hydroxyl groups excluding tert-OH is 2. The van der Waals surface area contributed by atoms with Gasteiger partial charge in [0.05, 0.1) is 30.5 Å². The van der Waals surface area contributed by atoms with Crippen LogP contribution < -0.4 is 17.0 Å². The smallest absolute Gasteiger partial charge is 0.388 e. The quantitative estimate of drug-likeness (QED) is 0.149. The molecule has 10 atom stereocenters. The molecular formula is C22H27N9O11P2S. The zero-order valence-electron chi connectivity index (χ0n) is 23.1. The lowest BCUT2D eigenvalue weighted by atomic mass is 9.87. The van der Waals surface area contributed by atoms with E-state index in [1.54, 1.807) is 11.5 Å². The van der Waals surface area contributed by atoms with Crippen molar-refractivity contribution in [2.45, 2.75) is 56.0 Å². The average molecular weight is 688 g/mol. The molecule has 0 aromatic carbocycles. The third-order valence-electron chi connectivity index (χ3n) is 8.19. The number of ether oxygens (including phenoxy) is 1. The Morgan fingerprint density at radius 2 is 2.00 bits per heavy atom. The van der Waals surface area contributed by atoms with Crippen LogP contribution in [0.2, 0.25) is 0 Å². The minimum Gasteiger partial charge on any atom is -0.388 e. The van der Waals surface area contributed by atoms with Gasteiger partial charge in [-0.05, 0) is 18.0 Å². The van der Waals surface area contributed by atoms with Crippen LogP contribution >= 0.6 is 27.6 Å². The molecule has 6 heterocycles. The molecule has 242 valence electrons. The van der Waals surface area contributed by atoms with Crippen molar-refractivity contribution in [3.8, 4) is 0 Å². The second kappa shape index (κ2) is 11.1. The number of hydrogen-bond donors (Lipinski definition) is 6. The van der Waals surface area contributed by atoms with Crippen molar-refractivity contribution in [3.63, 3.8) is 0 Å². The zero-order chi connectivity index (χ0) is 31.8. The number of phosphoric ester groups is 1. The van der Waals surface area contributed by atoms with E-state index in [0.29, 0.717) is 11.2 Å². The highest BCUT2D eigenvalue weighted by Crippen LogP contribution is 2.56. The minimum absolute atomic E-state index is 0.0423. The van der Waals surface area contributed by atoms with Gasteiger partial charge >= 0.3 is 16.1 Å². The monoisotopic (exact) mass is 687 g/mol. The van der Waals surface area contributed by atoms with E-state index >= 15 is 0 Å². The van der Waals surface area contributed by atoms with Crippen molar-refractivity contribution in [2.75, 3.05) is 24.7 Å². The van der Waals surface area contributed by atoms with Gasteiger partial charge in [0.2, 0.25) is 5.95 Å². The maximum Gasteiger partial charge on any atom is 0.472 e. The molecule has 4 aromatic heterocycles. The molecule has 3 fully saturated rings. The van der Waals surface area contributed by atoms with E-state index in [1.165, 1.54) is 12.7 Å². The Hall–Kier alpha value is -2.94. The van der Waals surface area contributed by atoms with Gasteiger partial charge in [-0.25, -0.2) is 24.5 Å². The molecule has 45 heavy (non-hydrogen) atoms. The summed E-state index contributed by atoms with van der Waals surface area (Å²) in [5.74, 6) is -0.0792. The van der Waals surface area contributed by atoms with Crippen molar-refractivity contribution < 1.29 is 47.1 Å². The predicted molar refractivity (Wildman–Crippen MR) is 154 cm³/mol. The third kappa shape index (κ3) is 5.27. The highest BCUT2D eigenvalue weighted by molar-refractivity contribution is 7.47. The van der Waals surface area contributed by atoms with Crippen molar-refractivity contribution in [3.05, 3.63) is 27.9 Å². The summed E-state index contributed by atoms with van der Waals surface area (Å²) in [5.41, 5.74) is 10.4. The van der Waals surface area contributed by atoms with Gasteiger partial charge in [0.15, 0.2) is 17.0 Å². The molecule has 8 N–H and O–H groups in total. The molecule has 0 radical (unpaired) electrons. The van der Waals surface area contributed by atoms with Crippen LogP contribution in [0, 0.1) is 5.41 Å². The number of nitrogens with two attached hydrogens (primary N) is 2. The molecule has 1 saturated carbocycles. The summed E-state index contributed by atoms with van der Waals surface area (Å²) in [4.78, 5) is 42.2. The van der Waals surface area contributed by atoms with Gasteiger partial charge < -0.3 is 44.9 Å². The zero-order valence-corrected chi connectivity index (χ0v) is 25.8. The van der Waals surface area contributed by atoms with Crippen LogP contribution in [0.5, 0.6) is 0 Å². The predicted octanol–water partition coefficient (Wildman–Crippen LogP) is -0.196. The first-order valence-corrected chi connectivity index (χ1v) is 16.9. The normalized spacial score (nSPS) is 37.7. The van der Waals surface area contributed by atoms with Crippen LogP contribution in [-0.4, -0.2) is 92.7 Å². The third-order valence-corrected chi connectivity index (χ3v) is 10.9. The number of aromatic amines is 1. The number of hydrogen-bond acceptors (Lipinski definition) is 18. The highest BCUT2D eigenvalue weighted by atomic mass is 32.1. The standard InChI is InChI=1S/C22H27N9O11P2S/c1-22-2-7(31-6-27-11-18(23)25-5-26-19(11)31)12(32)17(22)41-43(35)38-3-8-13(33)14(42-44(36,37)39-4-22)15(40-8)16-9-10(30-45-16)20(34)29-21(24)28-9/h5-8,12-15,17,32-33,43H,2-4H2,1H3,(H,36,37)(H2,23,25,26)(H3,24,28,29,34)/t7-,8-,12+,13-,14-,15-,17+,22-/m1/s1. The van der Waals surface area contributed by atoms with E-state index in [9.17, 15) is 29.0 Å². The van der Waals surface area contributed by atoms with E-state index in [1.807, 2.05) is 0 Å². The Kier molecular flexibility index (Phi) is 7.57. The number of aromatic nitrogens is 7. The molecule has 0 amide bonds. The van der Waals surface area contributed by atoms with Gasteiger partial charge in [-0.15, -0.1) is 0 Å². The van der Waals surface area contributed by atoms with Gasteiger partial charge in [-0.1, -0.05) is 6.92 Å². The Morgan fingerprint density at radius 3 is 2.80 bits per heavy atom. The molecule has 2 unspecified atom stereocenters. The summed E-state index contributed by atoms with van der Waals surface area (Å²) in [6.07, 6.45) is -5.48. The summed E-state index contributed by atoms with van der Waals surface area (Å²) in [5, 5.41) is 22.5. The van der Waals surface area contributed by atoms with Crippen LogP contribution in [-0.2, 0) is 32.0 Å².